The summed E-state index contributed by atoms with van der Waals surface area (Å²) in [7, 11) is 0. The summed E-state index contributed by atoms with van der Waals surface area (Å²) in [6.45, 7) is 3.87. The Bertz CT molecular complexity index is 398. The number of benzene rings is 1. The lowest BCUT2D eigenvalue weighted by molar-refractivity contribution is -0.385. The van der Waals surface area contributed by atoms with E-state index in [2.05, 4.69) is 5.32 Å². The lowest BCUT2D eigenvalue weighted by atomic mass is 9.97. The molecule has 86 valence electrons. The monoisotopic (exact) mass is 220 g/mol. The van der Waals surface area contributed by atoms with E-state index in [9.17, 15) is 10.1 Å². The third-order valence-corrected chi connectivity index (χ3v) is 3.16. The number of hydrogen-bond acceptors (Lipinski definition) is 3. The lowest BCUT2D eigenvalue weighted by Gasteiger charge is -2.08. The van der Waals surface area contributed by atoms with E-state index < -0.39 is 0 Å². The third kappa shape index (κ3) is 2.39. The summed E-state index contributed by atoms with van der Waals surface area (Å²) in [6, 6.07) is 5.56. The van der Waals surface area contributed by atoms with Crippen LogP contribution >= 0.6 is 0 Å². The first-order chi connectivity index (χ1) is 7.66. The Morgan fingerprint density at radius 2 is 2.38 bits per heavy atom. The molecule has 0 spiro atoms. The van der Waals surface area contributed by atoms with Gasteiger partial charge >= 0.3 is 0 Å². The van der Waals surface area contributed by atoms with Gasteiger partial charge in [0, 0.05) is 11.6 Å². The number of nitrogens with one attached hydrogen (secondary N) is 1. The summed E-state index contributed by atoms with van der Waals surface area (Å²) >= 11 is 0. The minimum absolute atomic E-state index is 0.239. The Balaban J connectivity index is 2.15. The van der Waals surface area contributed by atoms with Gasteiger partial charge in [-0.1, -0.05) is 12.1 Å². The fraction of sp³-hybridized carbons (Fsp3) is 0.500. The van der Waals surface area contributed by atoms with Gasteiger partial charge in [-0.25, -0.2) is 0 Å². The zero-order valence-corrected chi connectivity index (χ0v) is 9.40. The van der Waals surface area contributed by atoms with E-state index >= 15 is 0 Å². The van der Waals surface area contributed by atoms with Crippen molar-refractivity contribution in [3.8, 4) is 0 Å². The first kappa shape index (κ1) is 11.1. The van der Waals surface area contributed by atoms with E-state index in [1.165, 1.54) is 6.42 Å². The van der Waals surface area contributed by atoms with Crippen LogP contribution in [0.4, 0.5) is 5.69 Å². The summed E-state index contributed by atoms with van der Waals surface area (Å²) in [5, 5.41) is 14.1. The van der Waals surface area contributed by atoms with Crippen molar-refractivity contribution in [3.63, 3.8) is 0 Å². The van der Waals surface area contributed by atoms with Gasteiger partial charge in [0.15, 0.2) is 0 Å². The van der Waals surface area contributed by atoms with E-state index in [1.54, 1.807) is 13.0 Å². The number of aryl methyl sites for hydroxylation is 1. The molecule has 1 fully saturated rings. The Morgan fingerprint density at radius 3 is 3.00 bits per heavy atom. The van der Waals surface area contributed by atoms with Crippen molar-refractivity contribution in [2.75, 3.05) is 13.1 Å². The average molecular weight is 220 g/mol. The van der Waals surface area contributed by atoms with Gasteiger partial charge in [0.05, 0.1) is 4.92 Å². The molecule has 4 heteroatoms. The molecule has 0 bridgehead atoms. The van der Waals surface area contributed by atoms with Crippen LogP contribution in [0.1, 0.15) is 17.5 Å². The van der Waals surface area contributed by atoms with Crippen molar-refractivity contribution in [3.05, 3.63) is 39.4 Å². The maximum Gasteiger partial charge on any atom is 0.272 e. The molecule has 1 aromatic carbocycles. The second-order valence-electron chi connectivity index (χ2n) is 4.44. The second kappa shape index (κ2) is 4.61. The molecule has 1 atom stereocenters. The molecule has 4 nitrogen and oxygen atoms in total. The standard InChI is InChI=1S/C12H16N2O2/c1-9-2-3-10(7-12(9)14(15)16)6-11-4-5-13-8-11/h2-3,7,11,13H,4-6,8H2,1H3. The summed E-state index contributed by atoms with van der Waals surface area (Å²) < 4.78 is 0. The summed E-state index contributed by atoms with van der Waals surface area (Å²) in [5.74, 6) is 0.627. The molecular weight excluding hydrogens is 204 g/mol. The highest BCUT2D eigenvalue weighted by molar-refractivity contribution is 5.42. The van der Waals surface area contributed by atoms with E-state index in [-0.39, 0.29) is 10.6 Å². The quantitative estimate of drug-likeness (QED) is 0.626. The maximum atomic E-state index is 10.8. The molecule has 1 aliphatic rings. The highest BCUT2D eigenvalue weighted by atomic mass is 16.6. The largest absolute Gasteiger partial charge is 0.316 e. The van der Waals surface area contributed by atoms with Crippen molar-refractivity contribution in [1.82, 2.24) is 5.32 Å². The molecule has 0 radical (unpaired) electrons. The molecule has 0 saturated carbocycles. The molecule has 1 aromatic rings. The summed E-state index contributed by atoms with van der Waals surface area (Å²) in [6.07, 6.45) is 2.11. The molecule has 1 saturated heterocycles. The molecule has 1 heterocycles. The number of rotatable bonds is 3. The number of nitro groups is 1. The van der Waals surface area contributed by atoms with Gasteiger partial charge in [0.2, 0.25) is 0 Å². The van der Waals surface area contributed by atoms with Gasteiger partial charge in [0.25, 0.3) is 5.69 Å². The van der Waals surface area contributed by atoms with Crippen LogP contribution in [0.15, 0.2) is 18.2 Å². The highest BCUT2D eigenvalue weighted by Gasteiger charge is 2.17. The number of nitro benzene ring substituents is 1. The topological polar surface area (TPSA) is 55.2 Å². The average Bonchev–Trinajstić information content (AvgIpc) is 2.73. The van der Waals surface area contributed by atoms with E-state index in [0.29, 0.717) is 5.92 Å². The third-order valence-electron chi connectivity index (χ3n) is 3.16. The maximum absolute atomic E-state index is 10.8. The van der Waals surface area contributed by atoms with Crippen LogP contribution in [0.25, 0.3) is 0 Å². The van der Waals surface area contributed by atoms with Crippen LogP contribution in [0, 0.1) is 23.0 Å². The van der Waals surface area contributed by atoms with Gasteiger partial charge in [-0.15, -0.1) is 0 Å². The normalized spacial score (nSPS) is 19.9. The molecule has 1 N–H and O–H groups in total. The fourth-order valence-electron chi connectivity index (χ4n) is 2.20. The lowest BCUT2D eigenvalue weighted by Crippen LogP contribution is -2.10. The summed E-state index contributed by atoms with van der Waals surface area (Å²) in [4.78, 5) is 10.5. The van der Waals surface area contributed by atoms with Crippen LogP contribution < -0.4 is 5.32 Å². The van der Waals surface area contributed by atoms with E-state index in [0.717, 1.165) is 30.6 Å². The van der Waals surface area contributed by atoms with Crippen molar-refractivity contribution >= 4 is 5.69 Å². The van der Waals surface area contributed by atoms with Crippen LogP contribution in [0.5, 0.6) is 0 Å². The highest BCUT2D eigenvalue weighted by Crippen LogP contribution is 2.22. The predicted molar refractivity (Wildman–Crippen MR) is 62.5 cm³/mol. The molecule has 1 aliphatic heterocycles. The Kier molecular flexibility index (Phi) is 3.19. The Hall–Kier alpha value is -1.42. The Morgan fingerprint density at radius 1 is 1.56 bits per heavy atom. The molecule has 2 rings (SSSR count). The number of nitrogens with zero attached hydrogens (tertiary/aromatic N) is 1. The van der Waals surface area contributed by atoms with Gasteiger partial charge in [0.1, 0.15) is 0 Å². The van der Waals surface area contributed by atoms with E-state index in [4.69, 9.17) is 0 Å². The predicted octanol–water partition coefficient (Wildman–Crippen LogP) is 2.06. The van der Waals surface area contributed by atoms with Gasteiger partial charge in [-0.3, -0.25) is 10.1 Å². The van der Waals surface area contributed by atoms with Crippen LogP contribution in [0.3, 0.4) is 0 Å². The molecular formula is C12H16N2O2. The molecule has 0 aliphatic carbocycles. The smallest absolute Gasteiger partial charge is 0.272 e. The van der Waals surface area contributed by atoms with Crippen LogP contribution in [-0.4, -0.2) is 18.0 Å². The van der Waals surface area contributed by atoms with Crippen LogP contribution in [0.2, 0.25) is 0 Å². The van der Waals surface area contributed by atoms with Gasteiger partial charge in [-0.2, -0.15) is 0 Å². The molecule has 1 unspecified atom stereocenters. The van der Waals surface area contributed by atoms with E-state index in [1.807, 2.05) is 12.1 Å². The first-order valence-electron chi connectivity index (χ1n) is 5.61. The first-order valence-corrected chi connectivity index (χ1v) is 5.61. The van der Waals surface area contributed by atoms with Crippen molar-refractivity contribution < 1.29 is 4.92 Å². The van der Waals surface area contributed by atoms with Crippen molar-refractivity contribution in [1.29, 1.82) is 0 Å². The zero-order valence-electron chi connectivity index (χ0n) is 9.40. The second-order valence-corrected chi connectivity index (χ2v) is 4.44. The van der Waals surface area contributed by atoms with Crippen molar-refractivity contribution in [2.45, 2.75) is 19.8 Å². The van der Waals surface area contributed by atoms with Gasteiger partial charge in [-0.05, 0) is 44.3 Å². The minimum Gasteiger partial charge on any atom is -0.316 e. The molecule has 0 amide bonds. The van der Waals surface area contributed by atoms with Crippen LogP contribution in [-0.2, 0) is 6.42 Å². The molecule has 0 aromatic heterocycles. The Labute approximate surface area is 94.8 Å². The molecule has 16 heavy (non-hydrogen) atoms. The SMILES string of the molecule is Cc1ccc(CC2CCNC2)cc1[N+](=O)[O-]. The minimum atomic E-state index is -0.300. The summed E-state index contributed by atoms with van der Waals surface area (Å²) in [5.41, 5.74) is 2.05. The number of hydrogen-bond donors (Lipinski definition) is 1. The van der Waals surface area contributed by atoms with Gasteiger partial charge < -0.3 is 5.32 Å². The van der Waals surface area contributed by atoms with Crippen molar-refractivity contribution in [2.24, 2.45) is 5.92 Å². The fourth-order valence-corrected chi connectivity index (χ4v) is 2.20. The zero-order chi connectivity index (χ0) is 11.5.